The average molecular weight is 290 g/mol. The maximum Gasteiger partial charge on any atom is 0.305 e. The lowest BCUT2D eigenvalue weighted by molar-refractivity contribution is -0.137. The SMILES string of the molecule is Cc1cc(NC(CC(=O)O)CC(C)(C)C)n2ncnc2c1. The number of pyridine rings is 1. The molecule has 0 aliphatic heterocycles. The molecule has 0 radical (unpaired) electrons. The molecule has 0 fully saturated rings. The number of hydrogen-bond donors (Lipinski definition) is 2. The minimum atomic E-state index is -0.806. The van der Waals surface area contributed by atoms with Crippen molar-refractivity contribution in [2.24, 2.45) is 5.41 Å². The highest BCUT2D eigenvalue weighted by Crippen LogP contribution is 2.25. The standard InChI is InChI=1S/C15H22N4O2/c1-10-5-12-16-9-17-19(12)13(6-10)18-11(7-14(20)21)8-15(2,3)4/h5-6,9,11,18H,7-8H2,1-4H3,(H,20,21). The van der Waals surface area contributed by atoms with Crippen LogP contribution in [0, 0.1) is 12.3 Å². The largest absolute Gasteiger partial charge is 0.481 e. The Morgan fingerprint density at radius 1 is 1.43 bits per heavy atom. The van der Waals surface area contributed by atoms with E-state index in [0.29, 0.717) is 0 Å². The van der Waals surface area contributed by atoms with Gasteiger partial charge in [0.25, 0.3) is 0 Å². The van der Waals surface area contributed by atoms with Crippen molar-refractivity contribution in [3.63, 3.8) is 0 Å². The van der Waals surface area contributed by atoms with Crippen LogP contribution in [0.2, 0.25) is 0 Å². The van der Waals surface area contributed by atoms with E-state index in [1.54, 1.807) is 4.52 Å². The van der Waals surface area contributed by atoms with Gasteiger partial charge in [-0.05, 0) is 36.5 Å². The molecule has 6 nitrogen and oxygen atoms in total. The summed E-state index contributed by atoms with van der Waals surface area (Å²) in [5.74, 6) is -0.0303. The number of aliphatic carboxylic acids is 1. The Balaban J connectivity index is 2.29. The van der Waals surface area contributed by atoms with Gasteiger partial charge in [-0.2, -0.15) is 9.61 Å². The van der Waals surface area contributed by atoms with Crippen LogP contribution in [0.1, 0.15) is 39.2 Å². The molecule has 2 aromatic rings. The molecule has 6 heteroatoms. The lowest BCUT2D eigenvalue weighted by Crippen LogP contribution is -2.29. The highest BCUT2D eigenvalue weighted by atomic mass is 16.4. The molecular formula is C15H22N4O2. The van der Waals surface area contributed by atoms with Crippen LogP contribution in [0.5, 0.6) is 0 Å². The minimum absolute atomic E-state index is 0.0401. The van der Waals surface area contributed by atoms with Crippen LogP contribution in [-0.4, -0.2) is 31.7 Å². The van der Waals surface area contributed by atoms with Crippen LogP contribution >= 0.6 is 0 Å². The van der Waals surface area contributed by atoms with E-state index in [0.717, 1.165) is 23.4 Å². The number of nitrogens with zero attached hydrogens (tertiary/aromatic N) is 3. The van der Waals surface area contributed by atoms with Gasteiger partial charge in [-0.3, -0.25) is 4.79 Å². The third kappa shape index (κ3) is 4.18. The van der Waals surface area contributed by atoms with Gasteiger partial charge in [-0.25, -0.2) is 4.98 Å². The molecule has 2 N–H and O–H groups in total. The number of aryl methyl sites for hydroxylation is 1. The van der Waals surface area contributed by atoms with Crippen molar-refractivity contribution in [3.8, 4) is 0 Å². The zero-order valence-electron chi connectivity index (χ0n) is 12.9. The van der Waals surface area contributed by atoms with Crippen molar-refractivity contribution in [1.29, 1.82) is 0 Å². The Labute approximate surface area is 124 Å². The van der Waals surface area contributed by atoms with E-state index in [4.69, 9.17) is 5.11 Å². The van der Waals surface area contributed by atoms with Crippen LogP contribution in [-0.2, 0) is 4.79 Å². The lowest BCUT2D eigenvalue weighted by Gasteiger charge is -2.26. The molecule has 0 spiro atoms. The summed E-state index contributed by atoms with van der Waals surface area (Å²) < 4.78 is 1.70. The van der Waals surface area contributed by atoms with Crippen LogP contribution < -0.4 is 5.32 Å². The molecule has 2 aromatic heterocycles. The first-order valence-electron chi connectivity index (χ1n) is 7.03. The van der Waals surface area contributed by atoms with Crippen LogP contribution in [0.15, 0.2) is 18.5 Å². The predicted molar refractivity (Wildman–Crippen MR) is 81.5 cm³/mol. The number of carboxylic acids is 1. The number of carboxylic acid groups (broad SMARTS) is 1. The molecule has 2 rings (SSSR count). The Hall–Kier alpha value is -2.11. The maximum absolute atomic E-state index is 11.1. The van der Waals surface area contributed by atoms with Gasteiger partial charge in [0, 0.05) is 6.04 Å². The molecule has 0 saturated heterocycles. The maximum atomic E-state index is 11.1. The van der Waals surface area contributed by atoms with E-state index in [1.165, 1.54) is 6.33 Å². The minimum Gasteiger partial charge on any atom is -0.481 e. The zero-order chi connectivity index (χ0) is 15.6. The van der Waals surface area contributed by atoms with Crippen molar-refractivity contribution in [3.05, 3.63) is 24.0 Å². The number of aromatic nitrogens is 3. The van der Waals surface area contributed by atoms with Gasteiger partial charge in [-0.15, -0.1) is 0 Å². The lowest BCUT2D eigenvalue weighted by atomic mass is 9.87. The Bertz CT molecular complexity index is 643. The molecule has 0 aliphatic rings. The van der Waals surface area contributed by atoms with Crippen LogP contribution in [0.25, 0.3) is 5.65 Å². The van der Waals surface area contributed by atoms with Gasteiger partial charge in [-0.1, -0.05) is 20.8 Å². The quantitative estimate of drug-likeness (QED) is 0.885. The normalized spacial score (nSPS) is 13.3. The number of anilines is 1. The summed E-state index contributed by atoms with van der Waals surface area (Å²) in [4.78, 5) is 15.3. The Kier molecular flexibility index (Phi) is 4.16. The summed E-state index contributed by atoms with van der Waals surface area (Å²) in [7, 11) is 0. The molecule has 1 atom stereocenters. The van der Waals surface area contributed by atoms with Gasteiger partial charge >= 0.3 is 5.97 Å². The second-order valence-electron chi connectivity index (χ2n) is 6.65. The summed E-state index contributed by atoms with van der Waals surface area (Å²) in [5.41, 5.74) is 1.85. The smallest absolute Gasteiger partial charge is 0.305 e. The fourth-order valence-corrected chi connectivity index (χ4v) is 2.49. The van der Waals surface area contributed by atoms with E-state index in [1.807, 2.05) is 19.1 Å². The third-order valence-electron chi connectivity index (χ3n) is 3.16. The molecule has 0 aromatic carbocycles. The summed E-state index contributed by atoms with van der Waals surface area (Å²) in [6, 6.07) is 3.74. The molecular weight excluding hydrogens is 268 g/mol. The average Bonchev–Trinajstić information content (AvgIpc) is 2.73. The Morgan fingerprint density at radius 3 is 2.76 bits per heavy atom. The van der Waals surface area contributed by atoms with E-state index >= 15 is 0 Å². The first-order chi connectivity index (χ1) is 9.74. The molecule has 0 bridgehead atoms. The van der Waals surface area contributed by atoms with Crippen molar-refractivity contribution in [2.45, 2.75) is 46.6 Å². The van der Waals surface area contributed by atoms with Crippen molar-refractivity contribution in [1.82, 2.24) is 14.6 Å². The summed E-state index contributed by atoms with van der Waals surface area (Å²) >= 11 is 0. The van der Waals surface area contributed by atoms with Crippen LogP contribution in [0.3, 0.4) is 0 Å². The van der Waals surface area contributed by atoms with E-state index < -0.39 is 5.97 Å². The first kappa shape index (κ1) is 15.3. The predicted octanol–water partition coefficient (Wildman–Crippen LogP) is 2.73. The highest BCUT2D eigenvalue weighted by Gasteiger charge is 2.22. The van der Waals surface area contributed by atoms with Crippen molar-refractivity contribution >= 4 is 17.4 Å². The fraction of sp³-hybridized carbons (Fsp3) is 0.533. The second-order valence-corrected chi connectivity index (χ2v) is 6.65. The van der Waals surface area contributed by atoms with Crippen molar-refractivity contribution < 1.29 is 9.90 Å². The van der Waals surface area contributed by atoms with Crippen LogP contribution in [0.4, 0.5) is 5.82 Å². The summed E-state index contributed by atoms with van der Waals surface area (Å²) in [6.45, 7) is 8.29. The van der Waals surface area contributed by atoms with Gasteiger partial charge in [0.2, 0.25) is 0 Å². The summed E-state index contributed by atoms with van der Waals surface area (Å²) in [5, 5.41) is 16.6. The molecule has 0 amide bonds. The number of fused-ring (bicyclic) bond motifs is 1. The zero-order valence-corrected chi connectivity index (χ0v) is 12.9. The van der Waals surface area contributed by atoms with Gasteiger partial charge in [0.05, 0.1) is 6.42 Å². The van der Waals surface area contributed by atoms with E-state index in [-0.39, 0.29) is 17.9 Å². The fourth-order valence-electron chi connectivity index (χ4n) is 2.49. The van der Waals surface area contributed by atoms with Gasteiger partial charge in [0.1, 0.15) is 12.1 Å². The highest BCUT2D eigenvalue weighted by molar-refractivity contribution is 5.68. The van der Waals surface area contributed by atoms with Gasteiger partial charge < -0.3 is 10.4 Å². The number of hydrogen-bond acceptors (Lipinski definition) is 4. The summed E-state index contributed by atoms with van der Waals surface area (Å²) in [6.07, 6.45) is 2.32. The molecule has 114 valence electrons. The molecule has 0 saturated carbocycles. The first-order valence-corrected chi connectivity index (χ1v) is 7.03. The van der Waals surface area contributed by atoms with Gasteiger partial charge in [0.15, 0.2) is 5.65 Å². The van der Waals surface area contributed by atoms with E-state index in [9.17, 15) is 4.79 Å². The van der Waals surface area contributed by atoms with Crippen molar-refractivity contribution in [2.75, 3.05) is 5.32 Å². The topological polar surface area (TPSA) is 79.5 Å². The molecule has 21 heavy (non-hydrogen) atoms. The third-order valence-corrected chi connectivity index (χ3v) is 3.16. The monoisotopic (exact) mass is 290 g/mol. The number of nitrogens with one attached hydrogen (secondary N) is 1. The molecule has 2 heterocycles. The molecule has 0 aliphatic carbocycles. The Morgan fingerprint density at radius 2 is 2.14 bits per heavy atom. The number of rotatable bonds is 5. The molecule has 1 unspecified atom stereocenters. The van der Waals surface area contributed by atoms with E-state index in [2.05, 4.69) is 36.2 Å². The number of carbonyl (C=O) groups is 1. The second kappa shape index (κ2) is 5.71.